The molecule has 1 aliphatic heterocycles. The molecule has 4 rings (SSSR count). The number of alkyl halides is 3. The van der Waals surface area contributed by atoms with Gasteiger partial charge in [0.15, 0.2) is 5.65 Å². The van der Waals surface area contributed by atoms with E-state index in [9.17, 15) is 23.3 Å². The fraction of sp³-hybridized carbons (Fsp3) is 0.312. The van der Waals surface area contributed by atoms with Gasteiger partial charge in [0.2, 0.25) is 0 Å². The van der Waals surface area contributed by atoms with Crippen LogP contribution in [0.3, 0.4) is 0 Å². The molecule has 0 atom stereocenters. The van der Waals surface area contributed by atoms with Gasteiger partial charge in [-0.15, -0.1) is 15.3 Å². The zero-order chi connectivity index (χ0) is 19.9. The van der Waals surface area contributed by atoms with Crippen LogP contribution in [0, 0.1) is 10.1 Å². The molecule has 0 amide bonds. The van der Waals surface area contributed by atoms with Gasteiger partial charge in [0.25, 0.3) is 5.69 Å². The van der Waals surface area contributed by atoms with E-state index in [1.165, 1.54) is 10.8 Å². The number of nitrogens with zero attached hydrogens (tertiary/aromatic N) is 7. The van der Waals surface area contributed by atoms with E-state index < -0.39 is 22.4 Å². The summed E-state index contributed by atoms with van der Waals surface area (Å²) in [5.74, 6) is 0.673. The minimum Gasteiger partial charge on any atom is -0.367 e. The van der Waals surface area contributed by atoms with E-state index in [2.05, 4.69) is 15.3 Å². The van der Waals surface area contributed by atoms with Crippen molar-refractivity contribution in [1.29, 1.82) is 0 Å². The van der Waals surface area contributed by atoms with Gasteiger partial charge in [-0.2, -0.15) is 17.7 Å². The lowest BCUT2D eigenvalue weighted by Gasteiger charge is -2.37. The summed E-state index contributed by atoms with van der Waals surface area (Å²) in [6, 6.07) is 6.40. The van der Waals surface area contributed by atoms with Crippen LogP contribution in [-0.4, -0.2) is 50.9 Å². The van der Waals surface area contributed by atoms with Crippen LogP contribution in [0.4, 0.5) is 30.4 Å². The number of hydrogen-bond donors (Lipinski definition) is 0. The lowest BCUT2D eigenvalue weighted by molar-refractivity contribution is -0.385. The van der Waals surface area contributed by atoms with Crippen molar-refractivity contribution in [3.8, 4) is 0 Å². The Balaban J connectivity index is 1.55. The molecule has 0 bridgehead atoms. The number of hydrogen-bond acceptors (Lipinski definition) is 7. The van der Waals surface area contributed by atoms with Crippen LogP contribution in [-0.2, 0) is 6.18 Å². The fourth-order valence-electron chi connectivity index (χ4n) is 3.20. The summed E-state index contributed by atoms with van der Waals surface area (Å²) in [4.78, 5) is 13.5. The van der Waals surface area contributed by atoms with Crippen molar-refractivity contribution in [1.82, 2.24) is 19.8 Å². The lowest BCUT2D eigenvalue weighted by Crippen LogP contribution is -2.47. The molecule has 12 heteroatoms. The number of aromatic nitrogens is 4. The zero-order valence-corrected chi connectivity index (χ0v) is 14.4. The highest BCUT2D eigenvalue weighted by Gasteiger charge is 2.37. The van der Waals surface area contributed by atoms with Crippen LogP contribution < -0.4 is 9.80 Å². The number of nitro groups is 1. The third kappa shape index (κ3) is 3.28. The maximum Gasteiger partial charge on any atom is 0.418 e. The number of nitro benzene ring substituents is 1. The molecule has 0 N–H and O–H groups in total. The fourth-order valence-corrected chi connectivity index (χ4v) is 3.20. The second-order valence-corrected chi connectivity index (χ2v) is 6.26. The van der Waals surface area contributed by atoms with Gasteiger partial charge < -0.3 is 9.80 Å². The van der Waals surface area contributed by atoms with Gasteiger partial charge in [-0.25, -0.2) is 0 Å². The number of fused-ring (bicyclic) bond motifs is 1. The molecule has 0 unspecified atom stereocenters. The highest BCUT2D eigenvalue weighted by molar-refractivity contribution is 5.60. The Hall–Kier alpha value is -3.44. The first-order chi connectivity index (χ1) is 13.3. The molecule has 1 aliphatic rings. The van der Waals surface area contributed by atoms with E-state index in [1.807, 2.05) is 4.90 Å². The molecule has 0 spiro atoms. The second-order valence-electron chi connectivity index (χ2n) is 6.26. The standard InChI is InChI=1S/C16H14F3N7O2/c17-16(18,19)12-9-11(26(27)28)1-2-13(12)23-5-7-24(8-6-23)15-4-3-14-21-20-10-25(14)22-15/h1-4,9-10H,5-8H2. The normalized spacial score (nSPS) is 15.2. The molecule has 1 saturated heterocycles. The maximum atomic E-state index is 13.4. The van der Waals surface area contributed by atoms with Crippen molar-refractivity contribution < 1.29 is 18.1 Å². The van der Waals surface area contributed by atoms with Crippen LogP contribution in [0.25, 0.3) is 5.65 Å². The summed E-state index contributed by atoms with van der Waals surface area (Å²) in [7, 11) is 0. The molecule has 2 aromatic heterocycles. The van der Waals surface area contributed by atoms with Crippen LogP contribution >= 0.6 is 0 Å². The van der Waals surface area contributed by atoms with E-state index >= 15 is 0 Å². The zero-order valence-electron chi connectivity index (χ0n) is 14.4. The van der Waals surface area contributed by atoms with Crippen molar-refractivity contribution in [2.24, 2.45) is 0 Å². The van der Waals surface area contributed by atoms with E-state index in [1.54, 1.807) is 17.0 Å². The van der Waals surface area contributed by atoms with Gasteiger partial charge in [0, 0.05) is 44.0 Å². The van der Waals surface area contributed by atoms with Crippen molar-refractivity contribution >= 4 is 22.8 Å². The lowest BCUT2D eigenvalue weighted by atomic mass is 10.1. The monoisotopic (exact) mass is 393 g/mol. The first kappa shape index (κ1) is 17.9. The number of piperazine rings is 1. The predicted octanol–water partition coefficient (Wildman–Crippen LogP) is 2.38. The van der Waals surface area contributed by atoms with Crippen molar-refractivity contribution in [2.45, 2.75) is 6.18 Å². The molecule has 28 heavy (non-hydrogen) atoms. The second kappa shape index (κ2) is 6.62. The van der Waals surface area contributed by atoms with Gasteiger partial charge in [0.05, 0.1) is 10.5 Å². The Bertz CT molecular complexity index is 1030. The Morgan fingerprint density at radius 1 is 1.04 bits per heavy atom. The minimum atomic E-state index is -4.68. The largest absolute Gasteiger partial charge is 0.418 e. The average molecular weight is 393 g/mol. The molecule has 1 aromatic carbocycles. The van der Waals surface area contributed by atoms with E-state index in [4.69, 9.17) is 0 Å². The number of halogens is 3. The molecule has 3 aromatic rings. The summed E-state index contributed by atoms with van der Waals surface area (Å²) >= 11 is 0. The van der Waals surface area contributed by atoms with Gasteiger partial charge in [-0.1, -0.05) is 0 Å². The molecule has 146 valence electrons. The summed E-state index contributed by atoms with van der Waals surface area (Å²) in [5.41, 5.74) is -1.04. The summed E-state index contributed by atoms with van der Waals surface area (Å²) < 4.78 is 41.8. The number of non-ortho nitro benzene ring substituents is 1. The molecule has 1 fully saturated rings. The summed E-state index contributed by atoms with van der Waals surface area (Å²) in [5, 5.41) is 22.9. The van der Waals surface area contributed by atoms with Crippen LogP contribution in [0.2, 0.25) is 0 Å². The third-order valence-electron chi connectivity index (χ3n) is 4.59. The Morgan fingerprint density at radius 2 is 1.75 bits per heavy atom. The molecular weight excluding hydrogens is 379 g/mol. The highest BCUT2D eigenvalue weighted by Crippen LogP contribution is 2.39. The highest BCUT2D eigenvalue weighted by atomic mass is 19.4. The maximum absolute atomic E-state index is 13.4. The summed E-state index contributed by atoms with van der Waals surface area (Å²) in [6.45, 7) is 1.55. The first-order valence-corrected chi connectivity index (χ1v) is 8.35. The predicted molar refractivity (Wildman–Crippen MR) is 93.3 cm³/mol. The molecule has 9 nitrogen and oxygen atoms in total. The molecule has 3 heterocycles. The van der Waals surface area contributed by atoms with Gasteiger partial charge >= 0.3 is 6.18 Å². The number of benzene rings is 1. The van der Waals surface area contributed by atoms with E-state index in [-0.39, 0.29) is 5.69 Å². The Morgan fingerprint density at radius 3 is 2.43 bits per heavy atom. The third-order valence-corrected chi connectivity index (χ3v) is 4.59. The molecular formula is C16H14F3N7O2. The number of rotatable bonds is 3. The molecule has 0 saturated carbocycles. The van der Waals surface area contributed by atoms with Crippen LogP contribution in [0.15, 0.2) is 36.7 Å². The van der Waals surface area contributed by atoms with Gasteiger partial charge in [0.1, 0.15) is 12.1 Å². The van der Waals surface area contributed by atoms with Crippen LogP contribution in [0.1, 0.15) is 5.56 Å². The van der Waals surface area contributed by atoms with Gasteiger partial charge in [-0.05, 0) is 18.2 Å². The van der Waals surface area contributed by atoms with Crippen molar-refractivity contribution in [2.75, 3.05) is 36.0 Å². The van der Waals surface area contributed by atoms with Crippen molar-refractivity contribution in [3.63, 3.8) is 0 Å². The topological polar surface area (TPSA) is 92.7 Å². The quantitative estimate of drug-likeness (QED) is 0.498. The molecule has 0 aliphatic carbocycles. The summed E-state index contributed by atoms with van der Waals surface area (Å²) in [6.07, 6.45) is -3.21. The smallest absolute Gasteiger partial charge is 0.367 e. The number of anilines is 2. The SMILES string of the molecule is O=[N+]([O-])c1ccc(N2CCN(c3ccc4nncn4n3)CC2)c(C(F)(F)F)c1. The Kier molecular flexibility index (Phi) is 4.24. The first-order valence-electron chi connectivity index (χ1n) is 8.35. The van der Waals surface area contributed by atoms with E-state index in [0.29, 0.717) is 43.7 Å². The van der Waals surface area contributed by atoms with E-state index in [0.717, 1.165) is 12.1 Å². The van der Waals surface area contributed by atoms with Crippen molar-refractivity contribution in [3.05, 3.63) is 52.3 Å². The minimum absolute atomic E-state index is 0.0556. The van der Waals surface area contributed by atoms with Gasteiger partial charge in [-0.3, -0.25) is 10.1 Å². The average Bonchev–Trinajstić information content (AvgIpc) is 3.15. The Labute approximate surface area is 156 Å². The van der Waals surface area contributed by atoms with Crippen LogP contribution in [0.5, 0.6) is 0 Å². The molecule has 0 radical (unpaired) electrons.